The van der Waals surface area contributed by atoms with Crippen LogP contribution in [0, 0.1) is 0 Å². The Morgan fingerprint density at radius 2 is 2.07 bits per heavy atom. The summed E-state index contributed by atoms with van der Waals surface area (Å²) >= 11 is 6.31. The van der Waals surface area contributed by atoms with Gasteiger partial charge < -0.3 is 5.73 Å². The van der Waals surface area contributed by atoms with E-state index in [0.29, 0.717) is 21.8 Å². The number of halogens is 1. The molecule has 1 aromatic heterocycles. The maximum Gasteiger partial charge on any atom is 0.233 e. The normalized spacial score (nSPS) is 19.4. The van der Waals surface area contributed by atoms with E-state index in [-0.39, 0.29) is 12.4 Å². The number of nitrogens with one attached hydrogen (secondary N) is 1. The van der Waals surface area contributed by atoms with Crippen molar-refractivity contribution in [3.05, 3.63) is 65.3 Å². The number of pyridine rings is 1. The number of benzene rings is 1. The molecule has 2 aromatic rings. The lowest BCUT2D eigenvalue weighted by molar-refractivity contribution is -0.121. The molecule has 7 nitrogen and oxygen atoms in total. The number of hydrogen-bond donors (Lipinski definition) is 2. The first kappa shape index (κ1) is 19.1. The molecule has 3 N–H and O–H groups in total. The quantitative estimate of drug-likeness (QED) is 0.805. The number of primary amides is 1. The van der Waals surface area contributed by atoms with Gasteiger partial charge >= 0.3 is 0 Å². The zero-order valence-electron chi connectivity index (χ0n) is 14.4. The van der Waals surface area contributed by atoms with Crippen molar-refractivity contribution in [2.45, 2.75) is 5.41 Å². The number of amidine groups is 1. The van der Waals surface area contributed by atoms with E-state index in [9.17, 15) is 13.2 Å². The predicted molar refractivity (Wildman–Crippen MR) is 105 cm³/mol. The van der Waals surface area contributed by atoms with Gasteiger partial charge in [-0.05, 0) is 35.9 Å². The van der Waals surface area contributed by atoms with Crippen molar-refractivity contribution in [3.8, 4) is 11.3 Å². The molecule has 0 fully saturated rings. The highest BCUT2D eigenvalue weighted by Gasteiger charge is 2.38. The molecule has 0 aliphatic carbocycles. The zero-order chi connectivity index (χ0) is 19.7. The van der Waals surface area contributed by atoms with Crippen molar-refractivity contribution in [1.82, 2.24) is 9.71 Å². The third-order valence-electron chi connectivity index (χ3n) is 4.18. The molecule has 3 rings (SSSR count). The summed E-state index contributed by atoms with van der Waals surface area (Å²) in [6.07, 6.45) is 5.67. The smallest absolute Gasteiger partial charge is 0.233 e. The lowest BCUT2D eigenvalue weighted by Crippen LogP contribution is -2.45. The maximum absolute atomic E-state index is 12.3. The molecule has 1 aliphatic heterocycles. The molecule has 0 saturated heterocycles. The third kappa shape index (κ3) is 4.01. The minimum atomic E-state index is -3.47. The van der Waals surface area contributed by atoms with Crippen LogP contribution in [-0.4, -0.2) is 37.9 Å². The van der Waals surface area contributed by atoms with Crippen LogP contribution < -0.4 is 10.5 Å². The van der Waals surface area contributed by atoms with Gasteiger partial charge in [0.15, 0.2) is 0 Å². The van der Waals surface area contributed by atoms with Crippen molar-refractivity contribution in [2.75, 3.05) is 12.8 Å². The second-order valence-corrected chi connectivity index (χ2v) is 8.31. The fraction of sp³-hybridized carbons (Fsp3) is 0.167. The SMILES string of the molecule is CS(=O)(=O)NC1=NCC(C(N)=O)(c2ccc(Cl)c(-c3ccccn3)c2)C=C1. The number of carbonyl (C=O) groups is 1. The molecular formula is C18H17ClN4O3S. The minimum Gasteiger partial charge on any atom is -0.369 e. The van der Waals surface area contributed by atoms with Crippen LogP contribution in [-0.2, 0) is 20.2 Å². The summed E-state index contributed by atoms with van der Waals surface area (Å²) in [4.78, 5) is 20.8. The second-order valence-electron chi connectivity index (χ2n) is 6.15. The Kier molecular flexibility index (Phi) is 5.03. The van der Waals surface area contributed by atoms with Crippen LogP contribution in [0.4, 0.5) is 0 Å². The first-order valence-corrected chi connectivity index (χ1v) is 10.2. The number of amides is 1. The van der Waals surface area contributed by atoms with Gasteiger partial charge in [0, 0.05) is 16.8 Å². The van der Waals surface area contributed by atoms with E-state index in [0.717, 1.165) is 6.26 Å². The van der Waals surface area contributed by atoms with Crippen LogP contribution in [0.5, 0.6) is 0 Å². The van der Waals surface area contributed by atoms with Crippen molar-refractivity contribution in [3.63, 3.8) is 0 Å². The van der Waals surface area contributed by atoms with Crippen LogP contribution in [0.2, 0.25) is 5.02 Å². The fourth-order valence-electron chi connectivity index (χ4n) is 2.80. The monoisotopic (exact) mass is 404 g/mol. The first-order chi connectivity index (χ1) is 12.7. The molecule has 0 bridgehead atoms. The summed E-state index contributed by atoms with van der Waals surface area (Å²) in [6, 6.07) is 10.6. The van der Waals surface area contributed by atoms with Gasteiger partial charge in [0.25, 0.3) is 0 Å². The molecule has 1 atom stereocenters. The summed E-state index contributed by atoms with van der Waals surface area (Å²) in [6.45, 7) is -0.0278. The summed E-state index contributed by atoms with van der Waals surface area (Å²) < 4.78 is 25.0. The molecule has 1 aliphatic rings. The van der Waals surface area contributed by atoms with Crippen molar-refractivity contribution in [2.24, 2.45) is 10.7 Å². The first-order valence-electron chi connectivity index (χ1n) is 7.94. The number of rotatable bonds is 4. The predicted octanol–water partition coefficient (Wildman–Crippen LogP) is 1.64. The number of aliphatic imine (C=N–C) groups is 1. The molecule has 0 spiro atoms. The number of nitrogens with two attached hydrogens (primary N) is 1. The maximum atomic E-state index is 12.3. The number of nitrogens with zero attached hydrogens (tertiary/aromatic N) is 2. The van der Waals surface area contributed by atoms with Gasteiger partial charge in [-0.15, -0.1) is 0 Å². The van der Waals surface area contributed by atoms with Crippen molar-refractivity contribution < 1.29 is 13.2 Å². The van der Waals surface area contributed by atoms with Gasteiger partial charge in [-0.2, -0.15) is 0 Å². The molecule has 1 unspecified atom stereocenters. The van der Waals surface area contributed by atoms with E-state index in [1.807, 2.05) is 12.1 Å². The molecule has 140 valence electrons. The number of aromatic nitrogens is 1. The van der Waals surface area contributed by atoms with E-state index < -0.39 is 21.3 Å². The number of sulfonamides is 1. The molecule has 9 heteroatoms. The van der Waals surface area contributed by atoms with Gasteiger partial charge in [-0.25, -0.2) is 8.42 Å². The Balaban J connectivity index is 2.03. The average molecular weight is 405 g/mol. The van der Waals surface area contributed by atoms with E-state index in [4.69, 9.17) is 17.3 Å². The van der Waals surface area contributed by atoms with E-state index >= 15 is 0 Å². The van der Waals surface area contributed by atoms with Gasteiger partial charge in [-0.3, -0.25) is 19.5 Å². The summed E-state index contributed by atoms with van der Waals surface area (Å²) in [7, 11) is -3.47. The van der Waals surface area contributed by atoms with E-state index in [1.54, 1.807) is 36.5 Å². The molecule has 0 saturated carbocycles. The molecule has 1 amide bonds. The standard InChI is InChI=1S/C18H17ClN4O3S/c1-27(25,26)23-16-7-8-18(11-22-16,17(20)24)12-5-6-14(19)13(10-12)15-4-2-3-9-21-15/h2-10H,11H2,1H3,(H2,20,24)(H,22,23). The number of hydrogen-bond acceptors (Lipinski definition) is 5. The largest absolute Gasteiger partial charge is 0.369 e. The molecule has 1 aromatic carbocycles. The average Bonchev–Trinajstić information content (AvgIpc) is 2.62. The topological polar surface area (TPSA) is 115 Å². The van der Waals surface area contributed by atoms with Gasteiger partial charge in [0.2, 0.25) is 15.9 Å². The van der Waals surface area contributed by atoms with Crippen molar-refractivity contribution >= 4 is 33.4 Å². The van der Waals surface area contributed by atoms with Crippen LogP contribution in [0.3, 0.4) is 0 Å². The Morgan fingerprint density at radius 3 is 2.63 bits per heavy atom. The zero-order valence-corrected chi connectivity index (χ0v) is 16.0. The summed E-state index contributed by atoms with van der Waals surface area (Å²) in [5, 5.41) is 0.486. The van der Waals surface area contributed by atoms with Crippen LogP contribution in [0.15, 0.2) is 59.7 Å². The lowest BCUT2D eigenvalue weighted by atomic mass is 9.77. The summed E-state index contributed by atoms with van der Waals surface area (Å²) in [5.74, 6) is -0.455. The van der Waals surface area contributed by atoms with Gasteiger partial charge in [-0.1, -0.05) is 29.8 Å². The molecule has 0 radical (unpaired) electrons. The summed E-state index contributed by atoms with van der Waals surface area (Å²) in [5.41, 5.74) is 6.39. The Hall–Kier alpha value is -2.71. The second kappa shape index (κ2) is 7.13. The highest BCUT2D eigenvalue weighted by Crippen LogP contribution is 2.34. The number of carbonyl (C=O) groups excluding carboxylic acids is 1. The van der Waals surface area contributed by atoms with Crippen LogP contribution >= 0.6 is 11.6 Å². The minimum absolute atomic E-state index is 0.0278. The highest BCUT2D eigenvalue weighted by atomic mass is 35.5. The third-order valence-corrected chi connectivity index (χ3v) is 5.09. The van der Waals surface area contributed by atoms with Crippen LogP contribution in [0.1, 0.15) is 5.56 Å². The number of dihydropyridines is 1. The van der Waals surface area contributed by atoms with Crippen LogP contribution in [0.25, 0.3) is 11.3 Å². The molecule has 2 heterocycles. The van der Waals surface area contributed by atoms with Gasteiger partial charge in [0.1, 0.15) is 11.3 Å². The lowest BCUT2D eigenvalue weighted by Gasteiger charge is -2.29. The van der Waals surface area contributed by atoms with Gasteiger partial charge in [0.05, 0.1) is 18.5 Å². The molecule has 27 heavy (non-hydrogen) atoms. The Morgan fingerprint density at radius 1 is 1.30 bits per heavy atom. The molecular weight excluding hydrogens is 388 g/mol. The van der Waals surface area contributed by atoms with E-state index in [1.165, 1.54) is 6.08 Å². The Labute approximate surface area is 162 Å². The van der Waals surface area contributed by atoms with Crippen molar-refractivity contribution in [1.29, 1.82) is 0 Å². The highest BCUT2D eigenvalue weighted by molar-refractivity contribution is 7.89. The fourth-order valence-corrected chi connectivity index (χ4v) is 3.53. The Bertz CT molecular complexity index is 1050. The van der Waals surface area contributed by atoms with E-state index in [2.05, 4.69) is 14.7 Å².